The quantitative estimate of drug-likeness (QED) is 0.889. The van der Waals surface area contributed by atoms with Crippen LogP contribution in [0.5, 0.6) is 0 Å². The number of hydrogen-bond donors (Lipinski definition) is 1. The third kappa shape index (κ3) is 3.72. The first-order valence-electron chi connectivity index (χ1n) is 4.71. The maximum atomic E-state index is 11.5. The molecule has 5 heteroatoms. The Balaban J connectivity index is 2.94. The first-order valence-corrected chi connectivity index (χ1v) is 6.74. The average molecular weight is 248 g/mol. The van der Waals surface area contributed by atoms with Crippen molar-refractivity contribution in [3.8, 4) is 0 Å². The standard InChI is InChI=1S/C10H14ClNO2S/c1-3-6-15(13,14)12-10-7-8(2)4-5-9(10)11/h4-5,7,12H,3,6H2,1-2H3. The molecule has 0 unspecified atom stereocenters. The second kappa shape index (κ2) is 4.86. The molecule has 0 radical (unpaired) electrons. The normalized spacial score (nSPS) is 11.4. The molecule has 0 fully saturated rings. The molecule has 1 aromatic carbocycles. The van der Waals surface area contributed by atoms with E-state index in [0.29, 0.717) is 17.1 Å². The van der Waals surface area contributed by atoms with Gasteiger partial charge in [-0.3, -0.25) is 4.72 Å². The average Bonchev–Trinajstić information content (AvgIpc) is 2.10. The van der Waals surface area contributed by atoms with Crippen LogP contribution in [-0.4, -0.2) is 14.2 Å². The molecule has 0 atom stereocenters. The molecule has 0 aliphatic carbocycles. The lowest BCUT2D eigenvalue weighted by atomic mass is 10.2. The van der Waals surface area contributed by atoms with Crippen LogP contribution < -0.4 is 4.72 Å². The van der Waals surface area contributed by atoms with Crippen LogP contribution in [0.2, 0.25) is 5.02 Å². The van der Waals surface area contributed by atoms with Crippen LogP contribution in [0, 0.1) is 6.92 Å². The van der Waals surface area contributed by atoms with Gasteiger partial charge in [-0.15, -0.1) is 0 Å². The first kappa shape index (κ1) is 12.3. The molecule has 1 rings (SSSR count). The summed E-state index contributed by atoms with van der Waals surface area (Å²) in [4.78, 5) is 0. The van der Waals surface area contributed by atoms with Crippen LogP contribution in [0.15, 0.2) is 18.2 Å². The van der Waals surface area contributed by atoms with Gasteiger partial charge in [0, 0.05) is 0 Å². The van der Waals surface area contributed by atoms with Crippen molar-refractivity contribution in [2.24, 2.45) is 0 Å². The molecule has 0 amide bonds. The SMILES string of the molecule is CCCS(=O)(=O)Nc1cc(C)ccc1Cl. The third-order valence-electron chi connectivity index (χ3n) is 1.86. The fourth-order valence-electron chi connectivity index (χ4n) is 1.20. The Labute approximate surface area is 95.5 Å². The highest BCUT2D eigenvalue weighted by molar-refractivity contribution is 7.92. The molecule has 3 nitrogen and oxygen atoms in total. The van der Waals surface area contributed by atoms with Gasteiger partial charge in [-0.25, -0.2) is 8.42 Å². The van der Waals surface area contributed by atoms with Crippen LogP contribution in [0.25, 0.3) is 0 Å². The Bertz CT molecular complexity index is 443. The number of benzene rings is 1. The zero-order valence-electron chi connectivity index (χ0n) is 8.75. The van der Waals surface area contributed by atoms with Gasteiger partial charge in [0.15, 0.2) is 0 Å². The lowest BCUT2D eigenvalue weighted by Gasteiger charge is -2.09. The van der Waals surface area contributed by atoms with Crippen LogP contribution in [0.4, 0.5) is 5.69 Å². The largest absolute Gasteiger partial charge is 0.282 e. The Morgan fingerprint density at radius 3 is 2.67 bits per heavy atom. The van der Waals surface area contributed by atoms with Crippen molar-refractivity contribution >= 4 is 27.3 Å². The fraction of sp³-hybridized carbons (Fsp3) is 0.400. The summed E-state index contributed by atoms with van der Waals surface area (Å²) in [6, 6.07) is 5.23. The number of nitrogens with one attached hydrogen (secondary N) is 1. The van der Waals surface area contributed by atoms with Gasteiger partial charge in [0.05, 0.1) is 16.5 Å². The van der Waals surface area contributed by atoms with Gasteiger partial charge < -0.3 is 0 Å². The van der Waals surface area contributed by atoms with Crippen molar-refractivity contribution in [2.45, 2.75) is 20.3 Å². The molecule has 84 valence electrons. The van der Waals surface area contributed by atoms with Gasteiger partial charge in [0.1, 0.15) is 0 Å². The van der Waals surface area contributed by atoms with Crippen molar-refractivity contribution in [1.29, 1.82) is 0 Å². The summed E-state index contributed by atoms with van der Waals surface area (Å²) in [6.07, 6.45) is 0.582. The van der Waals surface area contributed by atoms with Gasteiger partial charge >= 0.3 is 0 Å². The monoisotopic (exact) mass is 247 g/mol. The maximum Gasteiger partial charge on any atom is 0.232 e. The van der Waals surface area contributed by atoms with Crippen LogP contribution >= 0.6 is 11.6 Å². The van der Waals surface area contributed by atoms with Crippen molar-refractivity contribution in [3.63, 3.8) is 0 Å². The highest BCUT2D eigenvalue weighted by Crippen LogP contribution is 2.23. The minimum Gasteiger partial charge on any atom is -0.282 e. The second-order valence-electron chi connectivity index (χ2n) is 3.40. The number of sulfonamides is 1. The van der Waals surface area contributed by atoms with E-state index in [1.807, 2.05) is 19.9 Å². The molecule has 0 bridgehead atoms. The van der Waals surface area contributed by atoms with E-state index in [9.17, 15) is 8.42 Å². The van der Waals surface area contributed by atoms with Crippen molar-refractivity contribution in [3.05, 3.63) is 28.8 Å². The van der Waals surface area contributed by atoms with E-state index in [0.717, 1.165) is 5.56 Å². The summed E-state index contributed by atoms with van der Waals surface area (Å²) in [7, 11) is -3.26. The van der Waals surface area contributed by atoms with E-state index in [-0.39, 0.29) is 5.75 Å². The van der Waals surface area contributed by atoms with E-state index in [2.05, 4.69) is 4.72 Å². The van der Waals surface area contributed by atoms with E-state index in [1.54, 1.807) is 12.1 Å². The van der Waals surface area contributed by atoms with Gasteiger partial charge in [-0.2, -0.15) is 0 Å². The minimum atomic E-state index is -3.26. The summed E-state index contributed by atoms with van der Waals surface area (Å²) in [5.41, 5.74) is 1.42. The van der Waals surface area contributed by atoms with Crippen molar-refractivity contribution in [2.75, 3.05) is 10.5 Å². The molecule has 0 aromatic heterocycles. The molecule has 1 aromatic rings. The zero-order chi connectivity index (χ0) is 11.5. The molecule has 0 saturated heterocycles. The fourth-order valence-corrected chi connectivity index (χ4v) is 2.57. The molecule has 0 aliphatic heterocycles. The van der Waals surface area contributed by atoms with Gasteiger partial charge in [-0.05, 0) is 31.0 Å². The van der Waals surface area contributed by atoms with Gasteiger partial charge in [0.25, 0.3) is 0 Å². The van der Waals surface area contributed by atoms with E-state index >= 15 is 0 Å². The van der Waals surface area contributed by atoms with E-state index < -0.39 is 10.0 Å². The molecule has 1 N–H and O–H groups in total. The van der Waals surface area contributed by atoms with Crippen LogP contribution in [0.1, 0.15) is 18.9 Å². The Morgan fingerprint density at radius 2 is 2.07 bits per heavy atom. The van der Waals surface area contributed by atoms with Crippen molar-refractivity contribution in [1.82, 2.24) is 0 Å². The lowest BCUT2D eigenvalue weighted by Crippen LogP contribution is -2.16. The Kier molecular flexibility index (Phi) is 3.99. The predicted octanol–water partition coefficient (Wildman–Crippen LogP) is 2.80. The highest BCUT2D eigenvalue weighted by Gasteiger charge is 2.10. The molecular formula is C10H14ClNO2S. The number of halogens is 1. The van der Waals surface area contributed by atoms with E-state index in [4.69, 9.17) is 11.6 Å². The highest BCUT2D eigenvalue weighted by atomic mass is 35.5. The van der Waals surface area contributed by atoms with Crippen LogP contribution in [0.3, 0.4) is 0 Å². The molecule has 0 aliphatic rings. The Hall–Kier alpha value is -0.740. The van der Waals surface area contributed by atoms with Crippen LogP contribution in [-0.2, 0) is 10.0 Å². The minimum absolute atomic E-state index is 0.108. The lowest BCUT2D eigenvalue weighted by molar-refractivity contribution is 0.600. The topological polar surface area (TPSA) is 46.2 Å². The molecular weight excluding hydrogens is 234 g/mol. The molecule has 0 saturated carbocycles. The second-order valence-corrected chi connectivity index (χ2v) is 5.65. The summed E-state index contributed by atoms with van der Waals surface area (Å²) in [5, 5.41) is 0.417. The molecule has 15 heavy (non-hydrogen) atoms. The predicted molar refractivity (Wildman–Crippen MR) is 63.9 cm³/mol. The number of hydrogen-bond acceptors (Lipinski definition) is 2. The number of aryl methyl sites for hydroxylation is 1. The molecule has 0 heterocycles. The maximum absolute atomic E-state index is 11.5. The summed E-state index contributed by atoms with van der Waals surface area (Å²) < 4.78 is 25.5. The smallest absolute Gasteiger partial charge is 0.232 e. The number of anilines is 1. The summed E-state index contributed by atoms with van der Waals surface area (Å²) in [6.45, 7) is 3.70. The van der Waals surface area contributed by atoms with Gasteiger partial charge in [-0.1, -0.05) is 24.6 Å². The number of rotatable bonds is 4. The third-order valence-corrected chi connectivity index (χ3v) is 3.67. The van der Waals surface area contributed by atoms with E-state index in [1.165, 1.54) is 0 Å². The first-order chi connectivity index (χ1) is 6.94. The zero-order valence-corrected chi connectivity index (χ0v) is 10.3. The Morgan fingerprint density at radius 1 is 1.40 bits per heavy atom. The van der Waals surface area contributed by atoms with Gasteiger partial charge in [0.2, 0.25) is 10.0 Å². The van der Waals surface area contributed by atoms with Crippen molar-refractivity contribution < 1.29 is 8.42 Å². The summed E-state index contributed by atoms with van der Waals surface area (Å²) in [5.74, 6) is 0.108. The molecule has 0 spiro atoms. The summed E-state index contributed by atoms with van der Waals surface area (Å²) >= 11 is 5.88.